The normalized spacial score (nSPS) is 10.3. The Bertz CT molecular complexity index is 552. The first kappa shape index (κ1) is 13.4. The zero-order valence-electron chi connectivity index (χ0n) is 11.3. The summed E-state index contributed by atoms with van der Waals surface area (Å²) in [5.41, 5.74) is 9.07. The van der Waals surface area contributed by atoms with Crippen molar-refractivity contribution >= 4 is 0 Å². The van der Waals surface area contributed by atoms with Crippen LogP contribution in [0, 0.1) is 0 Å². The van der Waals surface area contributed by atoms with Gasteiger partial charge in [0, 0.05) is 5.56 Å². The summed E-state index contributed by atoms with van der Waals surface area (Å²) in [6.45, 7) is 0.628. The average molecular weight is 257 g/mol. The van der Waals surface area contributed by atoms with E-state index in [2.05, 4.69) is 12.1 Å². The molecule has 0 heterocycles. The number of methoxy groups -OCH3 is 2. The standard InChI is InChI=1S/C16H19NO2/c1-18-15-9-5-8-14(16(15)19-2)13-7-4-3-6-12(13)10-11-17/h3-9H,10-11,17H2,1-2H3. The second-order valence-electron chi connectivity index (χ2n) is 4.24. The van der Waals surface area contributed by atoms with E-state index in [1.165, 1.54) is 5.56 Å². The Balaban J connectivity index is 2.58. The number of para-hydroxylation sites is 1. The third-order valence-corrected chi connectivity index (χ3v) is 3.12. The number of hydrogen-bond donors (Lipinski definition) is 1. The molecular formula is C16H19NO2. The van der Waals surface area contributed by atoms with Crippen LogP contribution in [0.25, 0.3) is 11.1 Å². The van der Waals surface area contributed by atoms with E-state index in [0.29, 0.717) is 6.54 Å². The van der Waals surface area contributed by atoms with E-state index in [4.69, 9.17) is 15.2 Å². The molecular weight excluding hydrogens is 238 g/mol. The number of hydrogen-bond acceptors (Lipinski definition) is 3. The van der Waals surface area contributed by atoms with Crippen molar-refractivity contribution in [1.82, 2.24) is 0 Å². The fourth-order valence-corrected chi connectivity index (χ4v) is 2.26. The first-order valence-corrected chi connectivity index (χ1v) is 6.31. The maximum Gasteiger partial charge on any atom is 0.168 e. The van der Waals surface area contributed by atoms with E-state index >= 15 is 0 Å². The van der Waals surface area contributed by atoms with Crippen LogP contribution >= 0.6 is 0 Å². The first-order valence-electron chi connectivity index (χ1n) is 6.31. The number of rotatable bonds is 5. The molecule has 0 saturated heterocycles. The lowest BCUT2D eigenvalue weighted by atomic mass is 9.96. The highest BCUT2D eigenvalue weighted by atomic mass is 16.5. The quantitative estimate of drug-likeness (QED) is 0.895. The Labute approximate surface area is 114 Å². The van der Waals surface area contributed by atoms with Gasteiger partial charge in [-0.15, -0.1) is 0 Å². The van der Waals surface area contributed by atoms with Gasteiger partial charge in [-0.1, -0.05) is 36.4 Å². The summed E-state index contributed by atoms with van der Waals surface area (Å²) < 4.78 is 10.8. The third-order valence-electron chi connectivity index (χ3n) is 3.12. The zero-order chi connectivity index (χ0) is 13.7. The Morgan fingerprint density at radius 1 is 0.895 bits per heavy atom. The molecule has 2 aromatic rings. The van der Waals surface area contributed by atoms with Crippen LogP contribution in [0.2, 0.25) is 0 Å². The molecule has 0 spiro atoms. The lowest BCUT2D eigenvalue weighted by Crippen LogP contribution is -2.04. The van der Waals surface area contributed by atoms with Crippen molar-refractivity contribution < 1.29 is 9.47 Å². The van der Waals surface area contributed by atoms with E-state index in [9.17, 15) is 0 Å². The van der Waals surface area contributed by atoms with E-state index in [1.54, 1.807) is 14.2 Å². The van der Waals surface area contributed by atoms with Crippen LogP contribution in [0.15, 0.2) is 42.5 Å². The van der Waals surface area contributed by atoms with Gasteiger partial charge in [-0.05, 0) is 30.2 Å². The highest BCUT2D eigenvalue weighted by Gasteiger charge is 2.13. The maximum absolute atomic E-state index is 5.68. The van der Waals surface area contributed by atoms with Crippen LogP contribution in [-0.4, -0.2) is 20.8 Å². The van der Waals surface area contributed by atoms with Crippen LogP contribution in [0.3, 0.4) is 0 Å². The van der Waals surface area contributed by atoms with Crippen molar-refractivity contribution in [2.45, 2.75) is 6.42 Å². The van der Waals surface area contributed by atoms with Gasteiger partial charge in [-0.3, -0.25) is 0 Å². The van der Waals surface area contributed by atoms with Crippen molar-refractivity contribution in [2.75, 3.05) is 20.8 Å². The predicted molar refractivity (Wildman–Crippen MR) is 77.7 cm³/mol. The van der Waals surface area contributed by atoms with E-state index in [-0.39, 0.29) is 0 Å². The number of nitrogens with two attached hydrogens (primary N) is 1. The molecule has 0 aliphatic heterocycles. The summed E-state index contributed by atoms with van der Waals surface area (Å²) in [6, 6.07) is 14.1. The molecule has 0 aliphatic carbocycles. The van der Waals surface area contributed by atoms with Crippen LogP contribution in [0.5, 0.6) is 11.5 Å². The molecule has 0 atom stereocenters. The highest BCUT2D eigenvalue weighted by Crippen LogP contribution is 2.39. The highest BCUT2D eigenvalue weighted by molar-refractivity contribution is 5.76. The second kappa shape index (κ2) is 6.25. The smallest absolute Gasteiger partial charge is 0.168 e. The molecule has 100 valence electrons. The zero-order valence-corrected chi connectivity index (χ0v) is 11.3. The van der Waals surface area contributed by atoms with Crippen molar-refractivity contribution in [1.29, 1.82) is 0 Å². The molecule has 0 amide bonds. The van der Waals surface area contributed by atoms with Gasteiger partial charge in [-0.25, -0.2) is 0 Å². The average Bonchev–Trinajstić information content (AvgIpc) is 2.47. The monoisotopic (exact) mass is 257 g/mol. The molecule has 3 heteroatoms. The third kappa shape index (κ3) is 2.71. The molecule has 2 rings (SSSR count). The SMILES string of the molecule is COc1cccc(-c2ccccc2CCN)c1OC. The summed E-state index contributed by atoms with van der Waals surface area (Å²) in [5.74, 6) is 1.50. The molecule has 0 unspecified atom stereocenters. The molecule has 19 heavy (non-hydrogen) atoms. The Morgan fingerprint density at radius 3 is 2.32 bits per heavy atom. The lowest BCUT2D eigenvalue weighted by molar-refractivity contribution is 0.356. The minimum absolute atomic E-state index is 0.628. The van der Waals surface area contributed by atoms with Crippen molar-refractivity contribution in [3.63, 3.8) is 0 Å². The lowest BCUT2D eigenvalue weighted by Gasteiger charge is -2.15. The maximum atomic E-state index is 5.68. The minimum Gasteiger partial charge on any atom is -0.493 e. The molecule has 3 nitrogen and oxygen atoms in total. The predicted octanol–water partition coefficient (Wildman–Crippen LogP) is 2.87. The van der Waals surface area contributed by atoms with Crippen molar-refractivity contribution in [3.05, 3.63) is 48.0 Å². The Hall–Kier alpha value is -2.00. The number of benzene rings is 2. The van der Waals surface area contributed by atoms with Crippen LogP contribution in [0.1, 0.15) is 5.56 Å². The van der Waals surface area contributed by atoms with Gasteiger partial charge < -0.3 is 15.2 Å². The van der Waals surface area contributed by atoms with Gasteiger partial charge in [0.15, 0.2) is 11.5 Å². The van der Waals surface area contributed by atoms with Gasteiger partial charge >= 0.3 is 0 Å². The van der Waals surface area contributed by atoms with Gasteiger partial charge in [0.2, 0.25) is 0 Å². The van der Waals surface area contributed by atoms with Crippen molar-refractivity contribution in [2.24, 2.45) is 5.73 Å². The van der Waals surface area contributed by atoms with Gasteiger partial charge in [0.25, 0.3) is 0 Å². The van der Waals surface area contributed by atoms with E-state index in [0.717, 1.165) is 29.0 Å². The Kier molecular flexibility index (Phi) is 4.42. The molecule has 0 aromatic heterocycles. The van der Waals surface area contributed by atoms with E-state index < -0.39 is 0 Å². The summed E-state index contributed by atoms with van der Waals surface area (Å²) in [7, 11) is 3.31. The van der Waals surface area contributed by atoms with Crippen molar-refractivity contribution in [3.8, 4) is 22.6 Å². The number of ether oxygens (including phenoxy) is 2. The second-order valence-corrected chi connectivity index (χ2v) is 4.24. The van der Waals surface area contributed by atoms with Gasteiger partial charge in [0.05, 0.1) is 14.2 Å². The van der Waals surface area contributed by atoms with Crippen LogP contribution in [0.4, 0.5) is 0 Å². The first-order chi connectivity index (χ1) is 9.31. The van der Waals surface area contributed by atoms with Gasteiger partial charge in [0.1, 0.15) is 0 Å². The summed E-state index contributed by atoms with van der Waals surface area (Å²) in [5, 5.41) is 0. The Morgan fingerprint density at radius 2 is 1.63 bits per heavy atom. The molecule has 0 bridgehead atoms. The fraction of sp³-hybridized carbons (Fsp3) is 0.250. The molecule has 0 saturated carbocycles. The molecule has 2 aromatic carbocycles. The largest absolute Gasteiger partial charge is 0.493 e. The molecule has 2 N–H and O–H groups in total. The molecule has 0 radical (unpaired) electrons. The van der Waals surface area contributed by atoms with Crippen LogP contribution < -0.4 is 15.2 Å². The molecule has 0 fully saturated rings. The summed E-state index contributed by atoms with van der Waals surface area (Å²) in [4.78, 5) is 0. The fourth-order valence-electron chi connectivity index (χ4n) is 2.26. The summed E-state index contributed by atoms with van der Waals surface area (Å²) >= 11 is 0. The topological polar surface area (TPSA) is 44.5 Å². The van der Waals surface area contributed by atoms with E-state index in [1.807, 2.05) is 30.3 Å². The van der Waals surface area contributed by atoms with Crippen LogP contribution in [-0.2, 0) is 6.42 Å². The summed E-state index contributed by atoms with van der Waals surface area (Å²) in [6.07, 6.45) is 0.844. The van der Waals surface area contributed by atoms with Gasteiger partial charge in [-0.2, -0.15) is 0 Å². The molecule has 0 aliphatic rings. The minimum atomic E-state index is 0.628.